The van der Waals surface area contributed by atoms with Crippen LogP contribution in [0.2, 0.25) is 0 Å². The van der Waals surface area contributed by atoms with E-state index in [2.05, 4.69) is 16.0 Å². The maximum Gasteiger partial charge on any atom is 0.242 e. The zero-order valence-corrected chi connectivity index (χ0v) is 17.0. The summed E-state index contributed by atoms with van der Waals surface area (Å²) in [6.07, 6.45) is 4.88. The summed E-state index contributed by atoms with van der Waals surface area (Å²) in [7, 11) is -4.17. The molecule has 31 heavy (non-hydrogen) atoms. The molecule has 0 bridgehead atoms. The minimum absolute atomic E-state index is 0.0688. The molecule has 11 heteroatoms. The van der Waals surface area contributed by atoms with Crippen molar-refractivity contribution in [3.05, 3.63) is 42.0 Å². The minimum Gasteiger partial charge on any atom is -0.320 e. The van der Waals surface area contributed by atoms with Crippen LogP contribution in [0.3, 0.4) is 0 Å². The number of aromatic nitrogens is 3. The van der Waals surface area contributed by atoms with E-state index >= 15 is 0 Å². The molecule has 3 aromatic rings. The summed E-state index contributed by atoms with van der Waals surface area (Å²) in [5.41, 5.74) is 1.41. The number of nitrogens with zero attached hydrogens (tertiary/aromatic N) is 4. The van der Waals surface area contributed by atoms with E-state index in [0.717, 1.165) is 31.7 Å². The number of halogens is 3. The van der Waals surface area contributed by atoms with Crippen LogP contribution in [0.1, 0.15) is 30.9 Å². The summed E-state index contributed by atoms with van der Waals surface area (Å²) in [6, 6.07) is 4.59. The van der Waals surface area contributed by atoms with Gasteiger partial charge in [-0.1, -0.05) is 0 Å². The van der Waals surface area contributed by atoms with E-state index in [1.54, 1.807) is 0 Å². The number of nitriles is 1. The number of alkyl halides is 2. The number of sulfonamides is 1. The molecule has 1 N–H and O–H groups in total. The Kier molecular flexibility index (Phi) is 5.68. The third-order valence-corrected chi connectivity index (χ3v) is 6.85. The van der Waals surface area contributed by atoms with E-state index in [0.29, 0.717) is 22.4 Å². The molecule has 7 nitrogen and oxygen atoms in total. The molecular formula is C20H18F3N5O2S. The van der Waals surface area contributed by atoms with Crippen molar-refractivity contribution >= 4 is 21.1 Å². The van der Waals surface area contributed by atoms with E-state index in [9.17, 15) is 26.9 Å². The van der Waals surface area contributed by atoms with Crippen LogP contribution in [0.5, 0.6) is 0 Å². The zero-order chi connectivity index (χ0) is 22.2. The van der Waals surface area contributed by atoms with Crippen molar-refractivity contribution < 1.29 is 21.6 Å². The summed E-state index contributed by atoms with van der Waals surface area (Å²) in [6.45, 7) is -2.37. The van der Waals surface area contributed by atoms with Gasteiger partial charge >= 0.3 is 0 Å². The number of hydrogen-bond acceptors (Lipinski definition) is 5. The fraction of sp³-hybridized carbons (Fsp3) is 0.350. The lowest BCUT2D eigenvalue weighted by molar-refractivity contribution is 0.322. The first-order valence-corrected chi connectivity index (χ1v) is 11.1. The Bertz CT molecular complexity index is 1260. The summed E-state index contributed by atoms with van der Waals surface area (Å²) in [5, 5.41) is 10.1. The second kappa shape index (κ2) is 8.28. The van der Waals surface area contributed by atoms with Crippen molar-refractivity contribution in [2.24, 2.45) is 0 Å². The molecule has 1 aliphatic carbocycles. The molecule has 3 aromatic heterocycles. The van der Waals surface area contributed by atoms with Gasteiger partial charge in [0.2, 0.25) is 10.0 Å². The molecule has 4 rings (SSSR count). The lowest BCUT2D eigenvalue weighted by atomic mass is 9.92. The Balaban J connectivity index is 1.81. The van der Waals surface area contributed by atoms with E-state index < -0.39 is 35.2 Å². The quantitative estimate of drug-likeness (QED) is 0.596. The lowest BCUT2D eigenvalue weighted by Crippen LogP contribution is -2.37. The van der Waals surface area contributed by atoms with E-state index in [4.69, 9.17) is 0 Å². The van der Waals surface area contributed by atoms with Gasteiger partial charge in [-0.3, -0.25) is 4.98 Å². The molecule has 0 saturated heterocycles. The molecular weight excluding hydrogens is 431 g/mol. The molecule has 1 saturated carbocycles. The first-order valence-electron chi connectivity index (χ1n) is 9.59. The maximum absolute atomic E-state index is 13.8. The van der Waals surface area contributed by atoms with Crippen molar-refractivity contribution in [3.63, 3.8) is 0 Å². The highest BCUT2D eigenvalue weighted by Gasteiger charge is 2.29. The summed E-state index contributed by atoms with van der Waals surface area (Å²) < 4.78 is 67.7. The highest BCUT2D eigenvalue weighted by atomic mass is 32.2. The first kappa shape index (κ1) is 21.3. The Morgan fingerprint density at radius 1 is 1.23 bits per heavy atom. The predicted octanol–water partition coefficient (Wildman–Crippen LogP) is 3.42. The van der Waals surface area contributed by atoms with Crippen LogP contribution in [0, 0.1) is 17.1 Å². The Morgan fingerprint density at radius 2 is 1.97 bits per heavy atom. The van der Waals surface area contributed by atoms with Crippen LogP contribution in [0.15, 0.2) is 35.5 Å². The fourth-order valence-electron chi connectivity index (χ4n) is 3.60. The van der Waals surface area contributed by atoms with Gasteiger partial charge in [0.1, 0.15) is 35.8 Å². The number of nitrogens with one attached hydrogen (secondary N) is 1. The van der Waals surface area contributed by atoms with Crippen LogP contribution in [0.4, 0.5) is 13.2 Å². The molecule has 0 amide bonds. The van der Waals surface area contributed by atoms with Crippen molar-refractivity contribution in [3.8, 4) is 17.5 Å². The third kappa shape index (κ3) is 3.77. The highest BCUT2D eigenvalue weighted by molar-refractivity contribution is 7.89. The molecule has 0 spiro atoms. The van der Waals surface area contributed by atoms with Gasteiger partial charge in [0.25, 0.3) is 0 Å². The van der Waals surface area contributed by atoms with Crippen LogP contribution in [-0.4, -0.2) is 42.3 Å². The number of fused-ring (bicyclic) bond motifs is 1. The highest BCUT2D eigenvalue weighted by Crippen LogP contribution is 2.41. The predicted molar refractivity (Wildman–Crippen MR) is 107 cm³/mol. The molecule has 0 unspecified atom stereocenters. The fourth-order valence-corrected chi connectivity index (χ4v) is 4.74. The Hall–Kier alpha value is -2.97. The zero-order valence-electron chi connectivity index (χ0n) is 16.2. The van der Waals surface area contributed by atoms with Gasteiger partial charge in [0.15, 0.2) is 0 Å². The van der Waals surface area contributed by atoms with E-state index in [1.165, 1.54) is 18.2 Å². The number of pyridine rings is 2. The van der Waals surface area contributed by atoms with Crippen LogP contribution in [-0.2, 0) is 10.0 Å². The van der Waals surface area contributed by atoms with Gasteiger partial charge in [0, 0.05) is 17.6 Å². The maximum atomic E-state index is 13.8. The van der Waals surface area contributed by atoms with Crippen LogP contribution in [0.25, 0.3) is 22.4 Å². The standard InChI is InChI=1S/C20H18F3N5O2S/c21-7-13(8-22)27-31(29,30)15-4-5-18(25-11-15)19-17(9-24)16-6-12(23)10-26-20(16)28(19)14-2-1-3-14/h4-6,10-11,13-14,27H,1-3,7-8H2. The molecule has 0 aliphatic heterocycles. The van der Waals surface area contributed by atoms with Gasteiger partial charge in [-0.25, -0.2) is 31.3 Å². The van der Waals surface area contributed by atoms with E-state index in [-0.39, 0.29) is 16.5 Å². The third-order valence-electron chi connectivity index (χ3n) is 5.34. The topological polar surface area (TPSA) is 101 Å². The van der Waals surface area contributed by atoms with Crippen LogP contribution >= 0.6 is 0 Å². The largest absolute Gasteiger partial charge is 0.320 e. The SMILES string of the molecule is N#Cc1c(-c2ccc(S(=O)(=O)NC(CF)CF)cn2)n(C2CCC2)c2ncc(F)cc12. The molecule has 0 aromatic carbocycles. The van der Waals surface area contributed by atoms with Crippen molar-refractivity contribution in [1.82, 2.24) is 19.3 Å². The summed E-state index contributed by atoms with van der Waals surface area (Å²) >= 11 is 0. The second-order valence-electron chi connectivity index (χ2n) is 7.32. The lowest BCUT2D eigenvalue weighted by Gasteiger charge is -2.29. The van der Waals surface area contributed by atoms with Crippen molar-refractivity contribution in [2.45, 2.75) is 36.2 Å². The molecule has 162 valence electrons. The molecule has 1 fully saturated rings. The van der Waals surface area contributed by atoms with Gasteiger partial charge in [-0.2, -0.15) is 5.26 Å². The molecule has 0 atom stereocenters. The Morgan fingerprint density at radius 3 is 2.52 bits per heavy atom. The average molecular weight is 449 g/mol. The van der Waals surface area contributed by atoms with Crippen LogP contribution < -0.4 is 4.72 Å². The van der Waals surface area contributed by atoms with Gasteiger partial charge in [-0.15, -0.1) is 0 Å². The molecule has 3 heterocycles. The number of rotatable bonds is 7. The summed E-state index contributed by atoms with van der Waals surface area (Å²) in [5.74, 6) is -0.572. The summed E-state index contributed by atoms with van der Waals surface area (Å²) in [4.78, 5) is 8.11. The Labute approximate surface area is 176 Å². The number of hydrogen-bond donors (Lipinski definition) is 1. The average Bonchev–Trinajstić information content (AvgIpc) is 3.04. The normalized spacial score (nSPS) is 14.7. The molecule has 0 radical (unpaired) electrons. The van der Waals surface area contributed by atoms with Gasteiger partial charge in [0.05, 0.1) is 29.2 Å². The van der Waals surface area contributed by atoms with Gasteiger partial charge in [-0.05, 0) is 37.5 Å². The monoisotopic (exact) mass is 449 g/mol. The first-order chi connectivity index (χ1) is 14.9. The van der Waals surface area contributed by atoms with E-state index in [1.807, 2.05) is 9.29 Å². The van der Waals surface area contributed by atoms with Crippen molar-refractivity contribution in [2.75, 3.05) is 13.3 Å². The molecule has 1 aliphatic rings. The minimum atomic E-state index is -4.17. The smallest absolute Gasteiger partial charge is 0.242 e. The van der Waals surface area contributed by atoms with Crippen molar-refractivity contribution in [1.29, 1.82) is 5.26 Å². The van der Waals surface area contributed by atoms with Gasteiger partial charge < -0.3 is 4.57 Å². The second-order valence-corrected chi connectivity index (χ2v) is 9.03.